The smallest absolute Gasteiger partial charge is 0.305 e. The van der Waals surface area contributed by atoms with Crippen LogP contribution in [-0.2, 0) is 18.8 Å². The minimum absolute atomic E-state index is 0.0178. The molecule has 0 bridgehead atoms. The number of rotatable bonds is 19. The van der Waals surface area contributed by atoms with Gasteiger partial charge in [0.25, 0.3) is 6.07 Å². The number of esters is 1. The molecule has 7 heteroatoms. The highest BCUT2D eigenvalue weighted by atomic mass is 79.9. The van der Waals surface area contributed by atoms with Crippen LogP contribution in [0.4, 0.5) is 0 Å². The Morgan fingerprint density at radius 1 is 0.926 bits per heavy atom. The summed E-state index contributed by atoms with van der Waals surface area (Å²) in [4.78, 5) is 21.0. The van der Waals surface area contributed by atoms with Gasteiger partial charge in [0.15, 0.2) is 0 Å². The van der Waals surface area contributed by atoms with Crippen LogP contribution in [0.3, 0.4) is 0 Å². The fraction of sp³-hybridized carbons (Fsp3) is 0.950. The van der Waals surface area contributed by atoms with Crippen LogP contribution in [0.15, 0.2) is 0 Å². The van der Waals surface area contributed by atoms with E-state index < -0.39 is 12.2 Å². The van der Waals surface area contributed by atoms with E-state index in [1.807, 2.05) is 0 Å². The lowest BCUT2D eigenvalue weighted by molar-refractivity contribution is -0.146. The molecule has 5 nitrogen and oxygen atoms in total. The maximum absolute atomic E-state index is 11.7. The molecule has 0 spiro atoms. The van der Waals surface area contributed by atoms with E-state index in [0.717, 1.165) is 12.8 Å². The lowest BCUT2D eigenvalue weighted by Crippen LogP contribution is -2.24. The molecule has 0 rings (SSSR count). The number of methoxy groups -OCH3 is 1. The normalized spacial score (nSPS) is 14.7. The van der Waals surface area contributed by atoms with Gasteiger partial charge in [-0.3, -0.25) is 9.36 Å². The molecular formula is C20H40BrO5P. The molecule has 2 unspecified atom stereocenters. The third kappa shape index (κ3) is 20.6. The molecule has 0 aromatic heterocycles. The third-order valence-electron chi connectivity index (χ3n) is 4.68. The molecule has 0 saturated heterocycles. The van der Waals surface area contributed by atoms with E-state index >= 15 is 0 Å². The van der Waals surface area contributed by atoms with Gasteiger partial charge >= 0.3 is 5.97 Å². The van der Waals surface area contributed by atoms with Crippen molar-refractivity contribution < 1.29 is 23.7 Å². The summed E-state index contributed by atoms with van der Waals surface area (Å²) in [5.41, 5.74) is 0. The zero-order valence-corrected chi connectivity index (χ0v) is 19.8. The van der Waals surface area contributed by atoms with E-state index in [2.05, 4.69) is 22.4 Å². The largest absolute Gasteiger partial charge is 0.463 e. The number of unbranched alkanes of at least 4 members (excludes halogenated alkanes) is 12. The summed E-state index contributed by atoms with van der Waals surface area (Å²) < 4.78 is 21.5. The van der Waals surface area contributed by atoms with Crippen LogP contribution in [0.25, 0.3) is 0 Å². The number of halogens is 1. The summed E-state index contributed by atoms with van der Waals surface area (Å²) >= 11 is 2.72. The first-order valence-corrected chi connectivity index (χ1v) is 14.4. The summed E-state index contributed by atoms with van der Waals surface area (Å²) in [6.07, 6.45) is 12.9. The van der Waals surface area contributed by atoms with Crippen LogP contribution in [0, 0.1) is 0 Å². The molecule has 0 aromatic carbocycles. The number of hydrogen-bond acceptors (Lipinski definition) is 4. The van der Waals surface area contributed by atoms with Crippen molar-refractivity contribution in [2.24, 2.45) is 0 Å². The average Bonchev–Trinajstić information content (AvgIpc) is 2.61. The van der Waals surface area contributed by atoms with E-state index in [-0.39, 0.29) is 18.7 Å². The molecule has 0 aliphatic heterocycles. The van der Waals surface area contributed by atoms with Crippen molar-refractivity contribution in [2.45, 2.75) is 103 Å². The second-order valence-electron chi connectivity index (χ2n) is 7.33. The van der Waals surface area contributed by atoms with Gasteiger partial charge < -0.3 is 14.4 Å². The topological polar surface area (TPSA) is 72.8 Å². The highest BCUT2D eigenvalue weighted by Gasteiger charge is 2.22. The van der Waals surface area contributed by atoms with Crippen molar-refractivity contribution in [3.63, 3.8) is 0 Å². The van der Waals surface area contributed by atoms with Gasteiger partial charge in [-0.2, -0.15) is 0 Å². The van der Waals surface area contributed by atoms with Crippen LogP contribution in [0.2, 0.25) is 0 Å². The predicted octanol–water partition coefficient (Wildman–Crippen LogP) is 6.61. The molecule has 0 aliphatic rings. The van der Waals surface area contributed by atoms with Gasteiger partial charge in [0, 0.05) is 29.0 Å². The van der Waals surface area contributed by atoms with E-state index in [1.54, 1.807) is 0 Å². The van der Waals surface area contributed by atoms with E-state index in [4.69, 9.17) is 9.47 Å². The highest BCUT2D eigenvalue weighted by molar-refractivity contribution is 9.39. The van der Waals surface area contributed by atoms with Crippen LogP contribution in [0.1, 0.15) is 96.8 Å². The quantitative estimate of drug-likeness (QED) is 0.130. The Hall–Kier alpha value is 0.1000. The Kier molecular flexibility index (Phi) is 18.2. The lowest BCUT2D eigenvalue weighted by atomic mass is 10.0. The summed E-state index contributed by atoms with van der Waals surface area (Å²) in [5.74, 6) is -0.262. The first-order valence-electron chi connectivity index (χ1n) is 10.6. The van der Waals surface area contributed by atoms with Crippen molar-refractivity contribution in [1.29, 1.82) is 0 Å². The number of carbonyl (C=O) groups is 1. The number of ether oxygens (including phenoxy) is 2. The van der Waals surface area contributed by atoms with Gasteiger partial charge in [-0.25, -0.2) is 0 Å². The first-order chi connectivity index (χ1) is 12.9. The van der Waals surface area contributed by atoms with E-state index in [1.165, 1.54) is 77.7 Å². The van der Waals surface area contributed by atoms with Gasteiger partial charge in [-0.15, -0.1) is 0 Å². The summed E-state index contributed by atoms with van der Waals surface area (Å²) in [6, 6.07) is 0. The highest BCUT2D eigenvalue weighted by Crippen LogP contribution is 2.49. The summed E-state index contributed by atoms with van der Waals surface area (Å²) in [6.45, 7) is 2.27. The van der Waals surface area contributed by atoms with Crippen molar-refractivity contribution in [3.8, 4) is 0 Å². The van der Waals surface area contributed by atoms with Crippen LogP contribution < -0.4 is 0 Å². The molecule has 162 valence electrons. The van der Waals surface area contributed by atoms with Gasteiger partial charge in [-0.05, 0) is 6.42 Å². The summed E-state index contributed by atoms with van der Waals surface area (Å²) in [7, 11) is 1.44. The van der Waals surface area contributed by atoms with Crippen LogP contribution >= 0.6 is 21.6 Å². The zero-order chi connectivity index (χ0) is 20.4. The maximum atomic E-state index is 11.7. The Morgan fingerprint density at radius 2 is 1.37 bits per heavy atom. The molecule has 1 N–H and O–H groups in total. The van der Waals surface area contributed by atoms with Gasteiger partial charge in [-0.1, -0.05) is 84.0 Å². The SMILES string of the molecule is CCCCCCCCCCCCCCCC(=O)OCC(CP(=O)(O)Br)OC. The Labute approximate surface area is 174 Å². The van der Waals surface area contributed by atoms with Crippen molar-refractivity contribution in [2.75, 3.05) is 19.9 Å². The van der Waals surface area contributed by atoms with Crippen LogP contribution in [-0.4, -0.2) is 36.8 Å². The third-order valence-corrected chi connectivity index (χ3v) is 6.40. The molecule has 0 saturated carbocycles. The van der Waals surface area contributed by atoms with Crippen molar-refractivity contribution in [1.82, 2.24) is 0 Å². The average molecular weight is 471 g/mol. The Balaban J connectivity index is 3.42. The predicted molar refractivity (Wildman–Crippen MR) is 116 cm³/mol. The Morgan fingerprint density at radius 3 is 1.78 bits per heavy atom. The van der Waals surface area contributed by atoms with Gasteiger partial charge in [0.2, 0.25) is 0 Å². The second kappa shape index (κ2) is 18.1. The van der Waals surface area contributed by atoms with Crippen molar-refractivity contribution in [3.05, 3.63) is 0 Å². The minimum Gasteiger partial charge on any atom is -0.463 e. The molecule has 2 atom stereocenters. The molecular weight excluding hydrogens is 431 g/mol. The molecule has 0 aliphatic carbocycles. The monoisotopic (exact) mass is 470 g/mol. The second-order valence-corrected chi connectivity index (χ2v) is 12.3. The van der Waals surface area contributed by atoms with Gasteiger partial charge in [0.05, 0.1) is 6.16 Å². The number of hydrogen-bond donors (Lipinski definition) is 1. The molecule has 0 amide bonds. The molecule has 0 heterocycles. The molecule has 0 radical (unpaired) electrons. The zero-order valence-electron chi connectivity index (χ0n) is 17.3. The lowest BCUT2D eigenvalue weighted by Gasteiger charge is -2.16. The van der Waals surface area contributed by atoms with Gasteiger partial charge in [0.1, 0.15) is 12.7 Å². The molecule has 0 aromatic rings. The van der Waals surface area contributed by atoms with E-state index in [0.29, 0.717) is 6.42 Å². The standard InChI is InChI=1S/C20H40BrO5P/c1-3-4-5-6-7-8-9-10-11-12-13-14-15-16-20(22)26-17-19(25-2)18-27(21,23)24/h19H,3-18H2,1-2H3,(H,23,24). The number of carbonyl (C=O) groups excluding carboxylic acids is 1. The summed E-state index contributed by atoms with van der Waals surface area (Å²) in [5, 5.41) is 0. The van der Waals surface area contributed by atoms with Crippen LogP contribution in [0.5, 0.6) is 0 Å². The van der Waals surface area contributed by atoms with E-state index in [9.17, 15) is 14.3 Å². The fourth-order valence-electron chi connectivity index (χ4n) is 2.99. The fourth-order valence-corrected chi connectivity index (χ4v) is 4.72. The minimum atomic E-state index is -3.35. The molecule has 0 fully saturated rings. The first kappa shape index (κ1) is 27.1. The Bertz CT molecular complexity index is 400. The maximum Gasteiger partial charge on any atom is 0.305 e. The van der Waals surface area contributed by atoms with Crippen molar-refractivity contribution >= 4 is 27.5 Å². The molecule has 27 heavy (non-hydrogen) atoms.